The summed E-state index contributed by atoms with van der Waals surface area (Å²) < 4.78 is 15.8. The van der Waals surface area contributed by atoms with Gasteiger partial charge in [-0.05, 0) is 35.9 Å². The van der Waals surface area contributed by atoms with E-state index in [-0.39, 0.29) is 11.1 Å². The van der Waals surface area contributed by atoms with Gasteiger partial charge in [0, 0.05) is 47.9 Å². The predicted octanol–water partition coefficient (Wildman–Crippen LogP) is 6.48. The van der Waals surface area contributed by atoms with Crippen LogP contribution in [-0.2, 0) is 0 Å². The van der Waals surface area contributed by atoms with Crippen LogP contribution in [0.15, 0.2) is 73.1 Å². The molecule has 11 heteroatoms. The molecule has 3 heterocycles. The summed E-state index contributed by atoms with van der Waals surface area (Å²) in [6.45, 7) is 2.03. The third-order valence-corrected chi connectivity index (χ3v) is 8.43. The first kappa shape index (κ1) is 25.7. The number of halogens is 3. The van der Waals surface area contributed by atoms with E-state index in [0.29, 0.717) is 56.4 Å². The highest BCUT2D eigenvalue weighted by molar-refractivity contribution is 6.36. The second-order valence-electron chi connectivity index (χ2n) is 10.4. The van der Waals surface area contributed by atoms with Crippen molar-refractivity contribution in [2.45, 2.75) is 12.1 Å². The zero-order valence-electron chi connectivity index (χ0n) is 21.5. The van der Waals surface area contributed by atoms with Gasteiger partial charge in [-0.2, -0.15) is 5.26 Å². The van der Waals surface area contributed by atoms with E-state index in [1.54, 1.807) is 12.1 Å². The lowest BCUT2D eigenvalue weighted by Crippen LogP contribution is -2.17. The summed E-state index contributed by atoms with van der Waals surface area (Å²) in [6.07, 6.45) is 3.49. The molecule has 204 valence electrons. The number of nitrogens with one attached hydrogen (secondary N) is 3. The molecule has 0 radical (unpaired) electrons. The average molecular weight is 585 g/mol. The Morgan fingerprint density at radius 2 is 1.80 bits per heavy atom. The van der Waals surface area contributed by atoms with E-state index in [2.05, 4.69) is 37.3 Å². The van der Waals surface area contributed by atoms with E-state index in [4.69, 9.17) is 23.2 Å². The van der Waals surface area contributed by atoms with Gasteiger partial charge in [0.15, 0.2) is 0 Å². The SMILES string of the molecule is N#Cc1cnc2c(Cl)cc(N[C@@H](c3ccccc3)c3cn([C@H]4[C@@H]5CNC[C@@H]54)nn3)cc2c1Nc1ccc(F)c(Cl)c1. The average Bonchev–Trinajstić information content (AvgIpc) is 3.31. The number of hydrogen-bond donors (Lipinski definition) is 3. The molecule has 8 nitrogen and oxygen atoms in total. The van der Waals surface area contributed by atoms with Crippen molar-refractivity contribution in [3.8, 4) is 6.07 Å². The van der Waals surface area contributed by atoms with Crippen LogP contribution in [-0.4, -0.2) is 33.1 Å². The molecule has 2 aromatic heterocycles. The van der Waals surface area contributed by atoms with Gasteiger partial charge in [-0.3, -0.25) is 4.98 Å². The van der Waals surface area contributed by atoms with Gasteiger partial charge in [0.1, 0.15) is 17.6 Å². The number of nitriles is 1. The molecule has 3 aromatic carbocycles. The third kappa shape index (κ3) is 4.74. The monoisotopic (exact) mass is 584 g/mol. The number of rotatable bonds is 7. The van der Waals surface area contributed by atoms with Crippen molar-refractivity contribution in [2.24, 2.45) is 11.8 Å². The molecule has 2 fully saturated rings. The predicted molar refractivity (Wildman–Crippen MR) is 157 cm³/mol. The quantitative estimate of drug-likeness (QED) is 0.201. The van der Waals surface area contributed by atoms with E-state index in [0.717, 1.165) is 24.3 Å². The van der Waals surface area contributed by atoms with Gasteiger partial charge in [-0.25, -0.2) is 9.07 Å². The lowest BCUT2D eigenvalue weighted by molar-refractivity contribution is 0.509. The molecular weight excluding hydrogens is 562 g/mol. The van der Waals surface area contributed by atoms with Gasteiger partial charge >= 0.3 is 0 Å². The van der Waals surface area contributed by atoms with E-state index in [1.165, 1.54) is 18.3 Å². The summed E-state index contributed by atoms with van der Waals surface area (Å²) in [5.41, 5.74) is 4.33. The highest BCUT2D eigenvalue weighted by atomic mass is 35.5. The van der Waals surface area contributed by atoms with Crippen LogP contribution in [0.4, 0.5) is 21.5 Å². The molecule has 1 aliphatic heterocycles. The largest absolute Gasteiger partial charge is 0.373 e. The van der Waals surface area contributed by atoms with Crippen molar-refractivity contribution in [3.05, 3.63) is 106 Å². The lowest BCUT2D eigenvalue weighted by atomic mass is 10.0. The summed E-state index contributed by atoms with van der Waals surface area (Å²) in [7, 11) is 0. The fraction of sp³-hybridized carbons (Fsp3) is 0.200. The third-order valence-electron chi connectivity index (χ3n) is 7.85. The Labute approximate surface area is 245 Å². The summed E-state index contributed by atoms with van der Waals surface area (Å²) in [6, 6.07) is 20.2. The topological polar surface area (TPSA) is 103 Å². The van der Waals surface area contributed by atoms with E-state index >= 15 is 0 Å². The van der Waals surface area contributed by atoms with Crippen LogP contribution in [0.5, 0.6) is 0 Å². The number of anilines is 3. The molecule has 4 atom stereocenters. The molecular formula is C30H23Cl2FN8. The minimum Gasteiger partial charge on any atom is -0.373 e. The number of piperidine rings is 1. The maximum absolute atomic E-state index is 13.8. The van der Waals surface area contributed by atoms with Crippen molar-refractivity contribution in [3.63, 3.8) is 0 Å². The Balaban J connectivity index is 1.28. The zero-order chi connectivity index (χ0) is 28.1. The first-order valence-corrected chi connectivity index (χ1v) is 13.9. The lowest BCUT2D eigenvalue weighted by Gasteiger charge is -2.20. The van der Waals surface area contributed by atoms with E-state index in [1.807, 2.05) is 47.3 Å². The maximum atomic E-state index is 13.8. The number of aromatic nitrogens is 4. The fourth-order valence-corrected chi connectivity index (χ4v) is 6.22. The molecule has 1 saturated carbocycles. The number of pyridine rings is 1. The Hall–Kier alpha value is -4.23. The van der Waals surface area contributed by atoms with Crippen LogP contribution >= 0.6 is 23.2 Å². The van der Waals surface area contributed by atoms with Crippen LogP contribution in [0.3, 0.4) is 0 Å². The molecule has 1 aliphatic carbocycles. The molecule has 1 saturated heterocycles. The molecule has 0 amide bonds. The highest BCUT2D eigenvalue weighted by Crippen LogP contribution is 2.52. The molecule has 2 aliphatic rings. The maximum Gasteiger partial charge on any atom is 0.141 e. The van der Waals surface area contributed by atoms with Crippen LogP contribution in [0.2, 0.25) is 10.0 Å². The summed E-state index contributed by atoms with van der Waals surface area (Å²) in [5.74, 6) is 0.684. The van der Waals surface area contributed by atoms with Gasteiger partial charge < -0.3 is 16.0 Å². The van der Waals surface area contributed by atoms with E-state index < -0.39 is 5.82 Å². The number of nitrogens with zero attached hydrogens (tertiary/aromatic N) is 5. The van der Waals surface area contributed by atoms with Gasteiger partial charge in [-0.15, -0.1) is 5.10 Å². The van der Waals surface area contributed by atoms with Gasteiger partial charge in [0.2, 0.25) is 0 Å². The van der Waals surface area contributed by atoms with Crippen LogP contribution in [0, 0.1) is 29.0 Å². The Bertz CT molecular complexity index is 1810. The smallest absolute Gasteiger partial charge is 0.141 e. The van der Waals surface area contributed by atoms with Gasteiger partial charge in [0.05, 0.1) is 45.1 Å². The van der Waals surface area contributed by atoms with Crippen molar-refractivity contribution in [2.75, 3.05) is 23.7 Å². The van der Waals surface area contributed by atoms with Crippen LogP contribution in [0.1, 0.15) is 28.9 Å². The second-order valence-corrected chi connectivity index (χ2v) is 11.2. The Morgan fingerprint density at radius 3 is 2.56 bits per heavy atom. The van der Waals surface area contributed by atoms with Gasteiger partial charge in [-0.1, -0.05) is 58.7 Å². The molecule has 0 spiro atoms. The Morgan fingerprint density at radius 1 is 1.02 bits per heavy atom. The van der Waals surface area contributed by atoms with Crippen molar-refractivity contribution >= 4 is 51.2 Å². The molecule has 5 aromatic rings. The van der Waals surface area contributed by atoms with Crippen LogP contribution in [0.25, 0.3) is 10.9 Å². The molecule has 41 heavy (non-hydrogen) atoms. The molecule has 7 rings (SSSR count). The summed E-state index contributed by atoms with van der Waals surface area (Å²) in [5, 5.41) is 30.1. The van der Waals surface area contributed by atoms with Crippen molar-refractivity contribution in [1.29, 1.82) is 5.26 Å². The fourth-order valence-electron chi connectivity index (χ4n) is 5.77. The zero-order valence-corrected chi connectivity index (χ0v) is 23.0. The first-order chi connectivity index (χ1) is 20.0. The number of fused-ring (bicyclic) bond motifs is 2. The minimum absolute atomic E-state index is 0.0305. The molecule has 0 unspecified atom stereocenters. The van der Waals surface area contributed by atoms with E-state index in [9.17, 15) is 9.65 Å². The second kappa shape index (κ2) is 10.3. The Kier molecular flexibility index (Phi) is 6.47. The molecule has 3 N–H and O–H groups in total. The van der Waals surface area contributed by atoms with Gasteiger partial charge in [0.25, 0.3) is 0 Å². The standard InChI is InChI=1S/C30H23Cl2FN8/c31-23-9-18(6-7-25(23)33)37-27-17(11-34)12-36-29-20(27)8-19(10-24(29)32)38-28(16-4-2-1-3-5-16)26-15-41(40-39-26)30-21-13-35-14-22(21)30/h1-10,12,15,21-22,28,30,35,38H,13-14H2,(H,36,37)/t21-,22+,28-,30+/m0/s1. The first-order valence-electron chi connectivity index (χ1n) is 13.2. The molecule has 0 bridgehead atoms. The highest BCUT2D eigenvalue weighted by Gasteiger charge is 2.55. The minimum atomic E-state index is -0.530. The normalized spacial score (nSPS) is 19.9. The summed E-state index contributed by atoms with van der Waals surface area (Å²) in [4.78, 5) is 4.44. The van der Waals surface area contributed by atoms with Crippen molar-refractivity contribution < 1.29 is 4.39 Å². The summed E-state index contributed by atoms with van der Waals surface area (Å²) >= 11 is 12.8. The number of hydrogen-bond acceptors (Lipinski definition) is 7. The van der Waals surface area contributed by atoms with Crippen LogP contribution < -0.4 is 16.0 Å². The number of benzene rings is 3. The van der Waals surface area contributed by atoms with Crippen molar-refractivity contribution in [1.82, 2.24) is 25.3 Å².